The third kappa shape index (κ3) is 26.4. The first-order valence-electron chi connectivity index (χ1n) is 17.7. The number of nitrogens with zero attached hydrogens (tertiary/aromatic N) is 2. The average molecular weight is 598 g/mol. The summed E-state index contributed by atoms with van der Waals surface area (Å²) in [4.78, 5) is 29.3. The van der Waals surface area contributed by atoms with E-state index in [9.17, 15) is 9.59 Å². The number of amides is 2. The highest BCUT2D eigenvalue weighted by molar-refractivity contribution is 5.76. The molecule has 0 saturated heterocycles. The number of hydrogen-bond donors (Lipinski definition) is 5. The Morgan fingerprint density at radius 3 is 1.12 bits per heavy atom. The molecule has 0 fully saturated rings. The minimum absolute atomic E-state index is 0.284. The van der Waals surface area contributed by atoms with E-state index in [1.54, 1.807) is 0 Å². The van der Waals surface area contributed by atoms with Gasteiger partial charge >= 0.3 is 0 Å². The molecule has 0 aromatic carbocycles. The maximum atomic E-state index is 12.7. The molecule has 42 heavy (non-hydrogen) atoms. The highest BCUT2D eigenvalue weighted by atomic mass is 16.2. The van der Waals surface area contributed by atoms with Gasteiger partial charge in [-0.2, -0.15) is 0 Å². The highest BCUT2D eigenvalue weighted by Gasteiger charge is 2.13. The van der Waals surface area contributed by atoms with Crippen molar-refractivity contribution < 1.29 is 9.59 Å². The first-order chi connectivity index (χ1) is 20.6. The van der Waals surface area contributed by atoms with Crippen LogP contribution in [0.2, 0.25) is 0 Å². The van der Waals surface area contributed by atoms with Crippen molar-refractivity contribution in [1.82, 2.24) is 15.1 Å². The van der Waals surface area contributed by atoms with Crippen LogP contribution >= 0.6 is 0 Å². The summed E-state index contributed by atoms with van der Waals surface area (Å²) in [6.45, 7) is 7.88. The first kappa shape index (κ1) is 40.7. The third-order valence-electron chi connectivity index (χ3n) is 7.97. The number of rotatable bonds is 33. The van der Waals surface area contributed by atoms with Gasteiger partial charge in [-0.3, -0.25) is 9.59 Å². The summed E-state index contributed by atoms with van der Waals surface area (Å²) in [6, 6.07) is 0. The van der Waals surface area contributed by atoms with Gasteiger partial charge in [0.05, 0.1) is 0 Å². The number of carbonyl (C=O) groups excluding carboxylic acids is 2. The van der Waals surface area contributed by atoms with Gasteiger partial charge in [-0.15, -0.1) is 0 Å². The molecule has 0 rings (SSSR count). The fourth-order valence-corrected chi connectivity index (χ4v) is 5.27. The Labute approximate surface area is 259 Å². The predicted octanol–water partition coefficient (Wildman–Crippen LogP) is 4.26. The van der Waals surface area contributed by atoms with E-state index in [1.807, 2.05) is 9.80 Å². The van der Waals surface area contributed by atoms with Gasteiger partial charge in [0, 0.05) is 39.0 Å². The molecule has 0 radical (unpaired) electrons. The smallest absolute Gasteiger partial charge is 0.222 e. The standard InChI is InChI=1S/C33H71N7O2/c34-22-13-15-28-39(30-18-24-36)32(41)20-11-9-7-5-3-1-2-4-6-8-10-12-21-33(42)40(31-19-25-37)29-16-14-26-38-27-17-23-35/h38H,1-31,34-37H2. The van der Waals surface area contributed by atoms with Crippen LogP contribution in [0.25, 0.3) is 0 Å². The van der Waals surface area contributed by atoms with Gasteiger partial charge in [0.1, 0.15) is 0 Å². The minimum Gasteiger partial charge on any atom is -0.343 e. The molecule has 0 aromatic rings. The van der Waals surface area contributed by atoms with Gasteiger partial charge in [0.15, 0.2) is 0 Å². The van der Waals surface area contributed by atoms with Crippen LogP contribution in [-0.4, -0.2) is 87.1 Å². The zero-order valence-corrected chi connectivity index (χ0v) is 27.4. The molecule has 0 heterocycles. The van der Waals surface area contributed by atoms with Crippen molar-refractivity contribution in [2.75, 3.05) is 65.4 Å². The van der Waals surface area contributed by atoms with Crippen molar-refractivity contribution in [2.24, 2.45) is 22.9 Å². The van der Waals surface area contributed by atoms with E-state index >= 15 is 0 Å². The Hall–Kier alpha value is -1.26. The van der Waals surface area contributed by atoms with Crippen LogP contribution in [0.1, 0.15) is 135 Å². The molecule has 9 nitrogen and oxygen atoms in total. The lowest BCUT2D eigenvalue weighted by atomic mass is 10.0. The second-order valence-corrected chi connectivity index (χ2v) is 11.9. The Morgan fingerprint density at radius 1 is 0.381 bits per heavy atom. The zero-order chi connectivity index (χ0) is 30.9. The number of unbranched alkanes of at least 4 members (excludes halogenated alkanes) is 13. The summed E-state index contributed by atoms with van der Waals surface area (Å²) in [6.07, 6.45) is 22.7. The highest BCUT2D eigenvalue weighted by Crippen LogP contribution is 2.14. The maximum Gasteiger partial charge on any atom is 0.222 e. The van der Waals surface area contributed by atoms with E-state index in [0.717, 1.165) is 116 Å². The molecule has 0 aromatic heterocycles. The van der Waals surface area contributed by atoms with Gasteiger partial charge in [0.2, 0.25) is 11.8 Å². The van der Waals surface area contributed by atoms with Crippen molar-refractivity contribution in [2.45, 2.75) is 135 Å². The minimum atomic E-state index is 0.284. The fraction of sp³-hybridized carbons (Fsp3) is 0.939. The molecule has 2 amide bonds. The lowest BCUT2D eigenvalue weighted by Gasteiger charge is -2.22. The van der Waals surface area contributed by atoms with E-state index in [1.165, 1.54) is 51.4 Å². The lowest BCUT2D eigenvalue weighted by molar-refractivity contribution is -0.132. The average Bonchev–Trinajstić information content (AvgIpc) is 2.99. The Balaban J connectivity index is 3.73. The van der Waals surface area contributed by atoms with Gasteiger partial charge in [-0.1, -0.05) is 64.2 Å². The van der Waals surface area contributed by atoms with Crippen molar-refractivity contribution in [3.63, 3.8) is 0 Å². The molecule has 0 aliphatic heterocycles. The molecule has 250 valence electrons. The van der Waals surface area contributed by atoms with Crippen molar-refractivity contribution >= 4 is 11.8 Å². The van der Waals surface area contributed by atoms with Crippen molar-refractivity contribution in [3.05, 3.63) is 0 Å². The summed E-state index contributed by atoms with van der Waals surface area (Å²) in [5, 5.41) is 3.41. The van der Waals surface area contributed by atoms with Crippen LogP contribution in [0, 0.1) is 0 Å². The van der Waals surface area contributed by atoms with Gasteiger partial charge in [0.25, 0.3) is 0 Å². The zero-order valence-electron chi connectivity index (χ0n) is 27.4. The maximum absolute atomic E-state index is 12.7. The van der Waals surface area contributed by atoms with E-state index in [2.05, 4.69) is 5.32 Å². The summed E-state index contributed by atoms with van der Waals surface area (Å²) in [5.74, 6) is 0.585. The van der Waals surface area contributed by atoms with E-state index in [4.69, 9.17) is 22.9 Å². The Bertz CT molecular complexity index is 595. The van der Waals surface area contributed by atoms with Gasteiger partial charge in [-0.05, 0) is 97.1 Å². The molecular weight excluding hydrogens is 526 g/mol. The SMILES string of the molecule is NCCCCN(CCCN)C(=O)CCCCCCCCCCCCCCC(=O)N(CCCN)CCCCNCCCN. The summed E-state index contributed by atoms with van der Waals surface area (Å²) in [5.41, 5.74) is 22.5. The predicted molar refractivity (Wildman–Crippen MR) is 179 cm³/mol. The topological polar surface area (TPSA) is 157 Å². The third-order valence-corrected chi connectivity index (χ3v) is 7.97. The molecule has 0 aliphatic carbocycles. The number of nitrogens with one attached hydrogen (secondary N) is 1. The Kier molecular flexibility index (Phi) is 31.7. The summed E-state index contributed by atoms with van der Waals surface area (Å²) < 4.78 is 0. The quantitative estimate of drug-likeness (QED) is 0.0708. The molecular formula is C33H71N7O2. The van der Waals surface area contributed by atoms with Gasteiger partial charge in [-0.25, -0.2) is 0 Å². The molecule has 0 unspecified atom stereocenters. The van der Waals surface area contributed by atoms with Crippen molar-refractivity contribution in [1.29, 1.82) is 0 Å². The Morgan fingerprint density at radius 2 is 0.714 bits per heavy atom. The normalized spacial score (nSPS) is 11.2. The van der Waals surface area contributed by atoms with E-state index in [-0.39, 0.29) is 5.91 Å². The van der Waals surface area contributed by atoms with Crippen LogP contribution in [0.15, 0.2) is 0 Å². The monoisotopic (exact) mass is 598 g/mol. The van der Waals surface area contributed by atoms with Crippen LogP contribution in [0.5, 0.6) is 0 Å². The van der Waals surface area contributed by atoms with Crippen LogP contribution in [0.3, 0.4) is 0 Å². The largest absolute Gasteiger partial charge is 0.343 e. The first-order valence-corrected chi connectivity index (χ1v) is 17.7. The van der Waals surface area contributed by atoms with Crippen LogP contribution in [0.4, 0.5) is 0 Å². The van der Waals surface area contributed by atoms with E-state index in [0.29, 0.717) is 38.4 Å². The van der Waals surface area contributed by atoms with Crippen molar-refractivity contribution in [3.8, 4) is 0 Å². The molecule has 0 bridgehead atoms. The fourth-order valence-electron chi connectivity index (χ4n) is 5.27. The second kappa shape index (κ2) is 32.6. The number of carbonyl (C=O) groups is 2. The summed E-state index contributed by atoms with van der Waals surface area (Å²) >= 11 is 0. The van der Waals surface area contributed by atoms with E-state index < -0.39 is 0 Å². The number of hydrogen-bond acceptors (Lipinski definition) is 7. The van der Waals surface area contributed by atoms with Crippen LogP contribution < -0.4 is 28.3 Å². The van der Waals surface area contributed by atoms with Gasteiger partial charge < -0.3 is 38.1 Å². The molecule has 9 heteroatoms. The molecule has 0 saturated carbocycles. The van der Waals surface area contributed by atoms with Crippen LogP contribution in [-0.2, 0) is 9.59 Å². The second-order valence-electron chi connectivity index (χ2n) is 11.9. The lowest BCUT2D eigenvalue weighted by Crippen LogP contribution is -2.34. The number of nitrogens with two attached hydrogens (primary N) is 4. The molecule has 0 spiro atoms. The summed E-state index contributed by atoms with van der Waals surface area (Å²) in [7, 11) is 0. The molecule has 0 aliphatic rings. The molecule has 0 atom stereocenters. The molecule has 9 N–H and O–H groups in total.